The van der Waals surface area contributed by atoms with E-state index in [2.05, 4.69) is 31.0 Å². The summed E-state index contributed by atoms with van der Waals surface area (Å²) in [7, 11) is 3.55. The van der Waals surface area contributed by atoms with E-state index >= 15 is 0 Å². The lowest BCUT2D eigenvalue weighted by molar-refractivity contribution is -0.152. The van der Waals surface area contributed by atoms with Crippen LogP contribution in [0.25, 0.3) is 11.4 Å². The number of esters is 1. The van der Waals surface area contributed by atoms with Gasteiger partial charge in [0.1, 0.15) is 11.9 Å². The Kier molecular flexibility index (Phi) is 7.22. The number of hydrogen-bond acceptors (Lipinski definition) is 6. The number of hydrogen-bond donors (Lipinski definition) is 0. The second-order valence-electron chi connectivity index (χ2n) is 8.24. The van der Waals surface area contributed by atoms with Gasteiger partial charge in [0.25, 0.3) is 0 Å². The summed E-state index contributed by atoms with van der Waals surface area (Å²) in [6.45, 7) is 6.68. The molecule has 2 aromatic rings. The third-order valence-corrected chi connectivity index (χ3v) is 6.74. The molecular formula is C22H31N3O3S. The van der Waals surface area contributed by atoms with E-state index in [9.17, 15) is 4.79 Å². The van der Waals surface area contributed by atoms with Gasteiger partial charge in [0.05, 0.1) is 12.9 Å². The Morgan fingerprint density at radius 3 is 2.62 bits per heavy atom. The van der Waals surface area contributed by atoms with Gasteiger partial charge >= 0.3 is 5.97 Å². The topological polar surface area (TPSA) is 66.2 Å². The first-order valence-electron chi connectivity index (χ1n) is 10.2. The number of nitrogens with zero attached hydrogens (tertiary/aromatic N) is 3. The van der Waals surface area contributed by atoms with E-state index in [1.165, 1.54) is 18.2 Å². The molecule has 0 amide bonds. The second kappa shape index (κ2) is 9.65. The average Bonchev–Trinajstić information content (AvgIpc) is 3.06. The standard InChI is InChI=1S/C22H31N3O3S/c1-14(2)18-11-6-15(3)12-19(18)28-20(26)13-29-22-24-23-21(25(22)4)16-7-9-17(27-5)10-8-16/h7-10,14-15,18-19H,6,11-13H2,1-5H3. The lowest BCUT2D eigenvalue weighted by Crippen LogP contribution is -2.36. The number of aromatic nitrogens is 3. The van der Waals surface area contributed by atoms with E-state index in [4.69, 9.17) is 9.47 Å². The molecule has 1 saturated carbocycles. The summed E-state index contributed by atoms with van der Waals surface area (Å²) in [4.78, 5) is 12.5. The summed E-state index contributed by atoms with van der Waals surface area (Å²) in [6, 6.07) is 7.68. The maximum absolute atomic E-state index is 12.5. The fraction of sp³-hybridized carbons (Fsp3) is 0.591. The van der Waals surface area contributed by atoms with Gasteiger partial charge in [-0.25, -0.2) is 0 Å². The third-order valence-electron chi connectivity index (χ3n) is 5.75. The molecule has 7 heteroatoms. The quantitative estimate of drug-likeness (QED) is 0.485. The van der Waals surface area contributed by atoms with Crippen molar-refractivity contribution in [2.45, 2.75) is 51.3 Å². The maximum atomic E-state index is 12.5. The lowest BCUT2D eigenvalue weighted by atomic mass is 9.75. The zero-order valence-corrected chi connectivity index (χ0v) is 18.7. The number of rotatable bonds is 7. The van der Waals surface area contributed by atoms with E-state index in [0.29, 0.717) is 22.9 Å². The monoisotopic (exact) mass is 417 g/mol. The summed E-state index contributed by atoms with van der Waals surface area (Å²) in [5.41, 5.74) is 0.950. The van der Waals surface area contributed by atoms with Gasteiger partial charge in [-0.1, -0.05) is 39.0 Å². The average molecular weight is 418 g/mol. The van der Waals surface area contributed by atoms with Crippen molar-refractivity contribution < 1.29 is 14.3 Å². The van der Waals surface area contributed by atoms with Crippen molar-refractivity contribution in [3.8, 4) is 17.1 Å². The summed E-state index contributed by atoms with van der Waals surface area (Å²) in [6.07, 6.45) is 3.35. The molecule has 0 aliphatic heterocycles. The molecule has 1 aliphatic carbocycles. The van der Waals surface area contributed by atoms with Crippen LogP contribution in [0.5, 0.6) is 5.75 Å². The fourth-order valence-electron chi connectivity index (χ4n) is 4.01. The molecule has 0 radical (unpaired) electrons. The van der Waals surface area contributed by atoms with Gasteiger partial charge in [0, 0.05) is 12.6 Å². The fourth-order valence-corrected chi connectivity index (χ4v) is 4.70. The summed E-state index contributed by atoms with van der Waals surface area (Å²) < 4.78 is 13.0. The number of ether oxygens (including phenoxy) is 2. The van der Waals surface area contributed by atoms with Crippen LogP contribution in [0.1, 0.15) is 40.0 Å². The van der Waals surface area contributed by atoms with E-state index in [1.807, 2.05) is 35.9 Å². The van der Waals surface area contributed by atoms with E-state index in [0.717, 1.165) is 30.0 Å². The molecule has 29 heavy (non-hydrogen) atoms. The Morgan fingerprint density at radius 2 is 1.97 bits per heavy atom. The van der Waals surface area contributed by atoms with Crippen molar-refractivity contribution in [1.29, 1.82) is 0 Å². The normalized spacial score (nSPS) is 21.9. The van der Waals surface area contributed by atoms with Crippen molar-refractivity contribution in [2.75, 3.05) is 12.9 Å². The van der Waals surface area contributed by atoms with E-state index in [1.54, 1.807) is 7.11 Å². The molecule has 6 nitrogen and oxygen atoms in total. The Hall–Kier alpha value is -2.02. The zero-order chi connectivity index (χ0) is 21.0. The van der Waals surface area contributed by atoms with Gasteiger partial charge in [-0.05, 0) is 54.9 Å². The van der Waals surface area contributed by atoms with Crippen molar-refractivity contribution in [2.24, 2.45) is 24.8 Å². The largest absolute Gasteiger partial charge is 0.497 e. The third kappa shape index (κ3) is 5.32. The first-order chi connectivity index (χ1) is 13.9. The summed E-state index contributed by atoms with van der Waals surface area (Å²) >= 11 is 1.37. The van der Waals surface area contributed by atoms with Gasteiger partial charge in [0.15, 0.2) is 11.0 Å². The second-order valence-corrected chi connectivity index (χ2v) is 9.18. The molecular weight excluding hydrogens is 386 g/mol. The van der Waals surface area contributed by atoms with Gasteiger partial charge in [0.2, 0.25) is 0 Å². The maximum Gasteiger partial charge on any atom is 0.316 e. The van der Waals surface area contributed by atoms with Crippen molar-refractivity contribution in [3.63, 3.8) is 0 Å². The molecule has 1 fully saturated rings. The van der Waals surface area contributed by atoms with Crippen LogP contribution in [0.2, 0.25) is 0 Å². The number of carbonyl (C=O) groups is 1. The van der Waals surface area contributed by atoms with Crippen LogP contribution in [0, 0.1) is 17.8 Å². The molecule has 0 spiro atoms. The van der Waals surface area contributed by atoms with E-state index < -0.39 is 0 Å². The first kappa shape index (κ1) is 21.7. The molecule has 3 unspecified atom stereocenters. The minimum absolute atomic E-state index is 0.0289. The highest BCUT2D eigenvalue weighted by Gasteiger charge is 2.33. The molecule has 158 valence electrons. The molecule has 1 aromatic carbocycles. The molecule has 0 N–H and O–H groups in total. The Morgan fingerprint density at radius 1 is 1.24 bits per heavy atom. The molecule has 1 aromatic heterocycles. The number of benzene rings is 1. The highest BCUT2D eigenvalue weighted by atomic mass is 32.2. The van der Waals surface area contributed by atoms with Crippen molar-refractivity contribution >= 4 is 17.7 Å². The van der Waals surface area contributed by atoms with Crippen LogP contribution in [-0.2, 0) is 16.6 Å². The Labute approximate surface area is 177 Å². The molecule has 3 rings (SSSR count). The molecule has 3 atom stereocenters. The van der Waals surface area contributed by atoms with Crippen LogP contribution in [-0.4, -0.2) is 39.7 Å². The van der Waals surface area contributed by atoms with Crippen LogP contribution in [0.4, 0.5) is 0 Å². The number of methoxy groups -OCH3 is 1. The first-order valence-corrected chi connectivity index (χ1v) is 11.2. The Bertz CT molecular complexity index is 819. The Balaban J connectivity index is 1.59. The van der Waals surface area contributed by atoms with Crippen LogP contribution in [0.15, 0.2) is 29.4 Å². The SMILES string of the molecule is COc1ccc(-c2nnc(SCC(=O)OC3CC(C)CCC3C(C)C)n2C)cc1. The smallest absolute Gasteiger partial charge is 0.316 e. The highest BCUT2D eigenvalue weighted by molar-refractivity contribution is 7.99. The van der Waals surface area contributed by atoms with Crippen molar-refractivity contribution in [1.82, 2.24) is 14.8 Å². The molecule has 0 bridgehead atoms. The lowest BCUT2D eigenvalue weighted by Gasteiger charge is -2.36. The number of thioether (sulfide) groups is 1. The zero-order valence-electron chi connectivity index (χ0n) is 17.9. The molecule has 0 saturated heterocycles. The van der Waals surface area contributed by atoms with E-state index in [-0.39, 0.29) is 17.8 Å². The summed E-state index contributed by atoms with van der Waals surface area (Å²) in [5.74, 6) is 3.21. The van der Waals surface area contributed by atoms with Gasteiger partial charge in [-0.3, -0.25) is 4.79 Å². The van der Waals surface area contributed by atoms with Crippen molar-refractivity contribution in [3.05, 3.63) is 24.3 Å². The van der Waals surface area contributed by atoms with Crippen LogP contribution < -0.4 is 4.74 Å². The van der Waals surface area contributed by atoms with Gasteiger partial charge < -0.3 is 14.0 Å². The van der Waals surface area contributed by atoms with Crippen LogP contribution >= 0.6 is 11.8 Å². The van der Waals surface area contributed by atoms with Gasteiger partial charge in [-0.15, -0.1) is 10.2 Å². The highest BCUT2D eigenvalue weighted by Crippen LogP contribution is 2.35. The molecule has 1 heterocycles. The minimum Gasteiger partial charge on any atom is -0.497 e. The van der Waals surface area contributed by atoms with Gasteiger partial charge in [-0.2, -0.15) is 0 Å². The predicted molar refractivity (Wildman–Crippen MR) is 115 cm³/mol. The van der Waals surface area contributed by atoms with Crippen LogP contribution in [0.3, 0.4) is 0 Å². The minimum atomic E-state index is -0.172. The molecule has 1 aliphatic rings. The predicted octanol–water partition coefficient (Wildman–Crippen LogP) is 4.59. The summed E-state index contributed by atoms with van der Waals surface area (Å²) in [5, 5.41) is 9.22. The number of carbonyl (C=O) groups excluding carboxylic acids is 1.